The quantitative estimate of drug-likeness (QED) is 0.941. The van der Waals surface area contributed by atoms with Crippen molar-refractivity contribution in [2.45, 2.75) is 20.4 Å². The molecule has 1 N–H and O–H groups in total. The number of amides is 1. The topological polar surface area (TPSA) is 42.2 Å². The molecule has 0 saturated heterocycles. The molecule has 0 radical (unpaired) electrons. The van der Waals surface area contributed by atoms with Gasteiger partial charge in [-0.05, 0) is 58.6 Å². The Labute approximate surface area is 114 Å². The molecule has 18 heavy (non-hydrogen) atoms. The first-order chi connectivity index (χ1) is 8.56. The van der Waals surface area contributed by atoms with Gasteiger partial charge >= 0.3 is 0 Å². The van der Waals surface area contributed by atoms with Crippen LogP contribution in [0.4, 0.5) is 0 Å². The van der Waals surface area contributed by atoms with Crippen LogP contribution in [0, 0.1) is 13.8 Å². The fourth-order valence-corrected chi connectivity index (χ4v) is 1.93. The van der Waals surface area contributed by atoms with Crippen LogP contribution >= 0.6 is 15.9 Å². The van der Waals surface area contributed by atoms with Crippen molar-refractivity contribution in [1.82, 2.24) is 5.32 Å². The highest BCUT2D eigenvalue weighted by Crippen LogP contribution is 2.14. The van der Waals surface area contributed by atoms with Gasteiger partial charge in [0.05, 0.1) is 0 Å². The summed E-state index contributed by atoms with van der Waals surface area (Å²) in [7, 11) is 0. The van der Waals surface area contributed by atoms with E-state index in [4.69, 9.17) is 4.42 Å². The van der Waals surface area contributed by atoms with Gasteiger partial charge in [0.2, 0.25) is 0 Å². The Kier molecular flexibility index (Phi) is 3.87. The first kappa shape index (κ1) is 12.9. The van der Waals surface area contributed by atoms with Gasteiger partial charge in [0.15, 0.2) is 10.4 Å². The van der Waals surface area contributed by atoms with Crippen molar-refractivity contribution in [1.29, 1.82) is 0 Å². The van der Waals surface area contributed by atoms with Crippen molar-refractivity contribution in [3.8, 4) is 0 Å². The number of benzene rings is 1. The van der Waals surface area contributed by atoms with Crippen molar-refractivity contribution in [3.05, 3.63) is 57.5 Å². The smallest absolute Gasteiger partial charge is 0.287 e. The van der Waals surface area contributed by atoms with Crippen LogP contribution in [-0.4, -0.2) is 5.91 Å². The Morgan fingerprint density at radius 2 is 2.00 bits per heavy atom. The van der Waals surface area contributed by atoms with Gasteiger partial charge in [0, 0.05) is 6.54 Å². The molecule has 0 atom stereocenters. The second-order valence-electron chi connectivity index (χ2n) is 4.21. The lowest BCUT2D eigenvalue weighted by Gasteiger charge is -2.06. The van der Waals surface area contributed by atoms with Crippen molar-refractivity contribution in [3.63, 3.8) is 0 Å². The zero-order valence-electron chi connectivity index (χ0n) is 10.3. The van der Waals surface area contributed by atoms with E-state index in [0.717, 1.165) is 5.56 Å². The van der Waals surface area contributed by atoms with E-state index in [9.17, 15) is 4.79 Å². The molecule has 0 aliphatic carbocycles. The van der Waals surface area contributed by atoms with Crippen LogP contribution in [0.2, 0.25) is 0 Å². The molecule has 0 spiro atoms. The van der Waals surface area contributed by atoms with Crippen molar-refractivity contribution in [2.75, 3.05) is 0 Å². The summed E-state index contributed by atoms with van der Waals surface area (Å²) in [5.74, 6) is 0.102. The lowest BCUT2D eigenvalue weighted by Crippen LogP contribution is -2.22. The SMILES string of the molecule is Cc1ccc(CNC(=O)c2ccc(Br)o2)cc1C. The summed E-state index contributed by atoms with van der Waals surface area (Å²) in [6.45, 7) is 4.63. The molecule has 94 valence electrons. The molecular weight excluding hydrogens is 294 g/mol. The third-order valence-electron chi connectivity index (χ3n) is 2.82. The average Bonchev–Trinajstić information content (AvgIpc) is 2.77. The Morgan fingerprint density at radius 3 is 2.61 bits per heavy atom. The van der Waals surface area contributed by atoms with E-state index in [1.165, 1.54) is 11.1 Å². The minimum Gasteiger partial charge on any atom is -0.444 e. The van der Waals surface area contributed by atoms with E-state index in [2.05, 4.69) is 47.2 Å². The van der Waals surface area contributed by atoms with Crippen LogP contribution in [0.25, 0.3) is 0 Å². The molecule has 0 fully saturated rings. The fourth-order valence-electron chi connectivity index (χ4n) is 1.62. The Balaban J connectivity index is 1.99. The molecule has 1 aromatic heterocycles. The second kappa shape index (κ2) is 5.40. The van der Waals surface area contributed by atoms with Crippen LogP contribution in [0.1, 0.15) is 27.2 Å². The number of rotatable bonds is 3. The lowest BCUT2D eigenvalue weighted by atomic mass is 10.1. The molecule has 1 heterocycles. The zero-order chi connectivity index (χ0) is 13.1. The van der Waals surface area contributed by atoms with Gasteiger partial charge in [0.25, 0.3) is 5.91 Å². The highest BCUT2D eigenvalue weighted by atomic mass is 79.9. The zero-order valence-corrected chi connectivity index (χ0v) is 11.9. The van der Waals surface area contributed by atoms with E-state index < -0.39 is 0 Å². The first-order valence-electron chi connectivity index (χ1n) is 5.66. The van der Waals surface area contributed by atoms with Crippen LogP contribution < -0.4 is 5.32 Å². The molecule has 0 bridgehead atoms. The minimum atomic E-state index is -0.209. The first-order valence-corrected chi connectivity index (χ1v) is 6.45. The van der Waals surface area contributed by atoms with E-state index in [-0.39, 0.29) is 5.91 Å². The molecule has 0 aliphatic rings. The Hall–Kier alpha value is -1.55. The summed E-state index contributed by atoms with van der Waals surface area (Å²) < 4.78 is 5.74. The number of carbonyl (C=O) groups is 1. The lowest BCUT2D eigenvalue weighted by molar-refractivity contribution is 0.0922. The van der Waals surface area contributed by atoms with Crippen LogP contribution in [0.15, 0.2) is 39.4 Å². The van der Waals surface area contributed by atoms with Gasteiger partial charge in [-0.25, -0.2) is 0 Å². The molecule has 0 aliphatic heterocycles. The number of aryl methyl sites for hydroxylation is 2. The maximum absolute atomic E-state index is 11.8. The van der Waals surface area contributed by atoms with Crippen molar-refractivity contribution >= 4 is 21.8 Å². The number of furan rings is 1. The van der Waals surface area contributed by atoms with E-state index >= 15 is 0 Å². The molecule has 0 saturated carbocycles. The summed E-state index contributed by atoms with van der Waals surface area (Å²) in [6.07, 6.45) is 0. The highest BCUT2D eigenvalue weighted by Gasteiger charge is 2.09. The molecule has 4 heteroatoms. The maximum atomic E-state index is 11.8. The largest absolute Gasteiger partial charge is 0.444 e. The molecule has 2 rings (SSSR count). The van der Waals surface area contributed by atoms with Crippen molar-refractivity contribution in [2.24, 2.45) is 0 Å². The summed E-state index contributed by atoms with van der Waals surface area (Å²) in [4.78, 5) is 11.8. The van der Waals surface area contributed by atoms with Gasteiger partial charge in [-0.3, -0.25) is 4.79 Å². The Bertz CT molecular complexity index is 575. The monoisotopic (exact) mass is 307 g/mol. The molecule has 1 aromatic carbocycles. The standard InChI is InChI=1S/C14H14BrNO2/c1-9-3-4-11(7-10(9)2)8-16-14(17)12-5-6-13(15)18-12/h3-7H,8H2,1-2H3,(H,16,17). The summed E-state index contributed by atoms with van der Waals surface area (Å²) in [5.41, 5.74) is 3.56. The molecular formula is C14H14BrNO2. The average molecular weight is 308 g/mol. The summed E-state index contributed by atoms with van der Waals surface area (Å²) >= 11 is 3.17. The van der Waals surface area contributed by atoms with Gasteiger partial charge in [0.1, 0.15) is 0 Å². The number of nitrogens with one attached hydrogen (secondary N) is 1. The normalized spacial score (nSPS) is 10.4. The number of carbonyl (C=O) groups excluding carboxylic acids is 1. The maximum Gasteiger partial charge on any atom is 0.287 e. The molecule has 1 amide bonds. The third kappa shape index (κ3) is 3.01. The summed E-state index contributed by atoms with van der Waals surface area (Å²) in [6, 6.07) is 9.49. The van der Waals surface area contributed by atoms with Crippen molar-refractivity contribution < 1.29 is 9.21 Å². The second-order valence-corrected chi connectivity index (χ2v) is 4.99. The van der Waals surface area contributed by atoms with Gasteiger partial charge < -0.3 is 9.73 Å². The van der Waals surface area contributed by atoms with Crippen LogP contribution in [-0.2, 0) is 6.54 Å². The van der Waals surface area contributed by atoms with E-state index in [0.29, 0.717) is 17.0 Å². The van der Waals surface area contributed by atoms with Crippen LogP contribution in [0.5, 0.6) is 0 Å². The van der Waals surface area contributed by atoms with Gasteiger partial charge in [-0.15, -0.1) is 0 Å². The Morgan fingerprint density at radius 1 is 1.22 bits per heavy atom. The number of hydrogen-bond acceptors (Lipinski definition) is 2. The van der Waals surface area contributed by atoms with E-state index in [1.807, 2.05) is 6.07 Å². The van der Waals surface area contributed by atoms with Gasteiger partial charge in [-0.2, -0.15) is 0 Å². The summed E-state index contributed by atoms with van der Waals surface area (Å²) in [5, 5.41) is 2.82. The van der Waals surface area contributed by atoms with E-state index in [1.54, 1.807) is 12.1 Å². The predicted octanol–water partition coefficient (Wildman–Crippen LogP) is 3.59. The third-order valence-corrected chi connectivity index (χ3v) is 3.25. The predicted molar refractivity (Wildman–Crippen MR) is 73.5 cm³/mol. The number of hydrogen-bond donors (Lipinski definition) is 1. The van der Waals surface area contributed by atoms with Crippen LogP contribution in [0.3, 0.4) is 0 Å². The highest BCUT2D eigenvalue weighted by molar-refractivity contribution is 9.10. The molecule has 0 unspecified atom stereocenters. The molecule has 3 nitrogen and oxygen atoms in total. The number of halogens is 1. The van der Waals surface area contributed by atoms with Gasteiger partial charge in [-0.1, -0.05) is 18.2 Å². The fraction of sp³-hybridized carbons (Fsp3) is 0.214. The minimum absolute atomic E-state index is 0.209. The molecule has 2 aromatic rings.